The highest BCUT2D eigenvalue weighted by Crippen LogP contribution is 2.33. The fourth-order valence-electron chi connectivity index (χ4n) is 1.91. The van der Waals surface area contributed by atoms with E-state index in [2.05, 4.69) is 10.00 Å². The summed E-state index contributed by atoms with van der Waals surface area (Å²) in [6.45, 7) is 5.04. The number of rotatable bonds is 7. The summed E-state index contributed by atoms with van der Waals surface area (Å²) in [5, 5.41) is 15.0. The molecule has 0 aromatic carbocycles. The predicted octanol–water partition coefficient (Wildman–Crippen LogP) is 0.696. The molecule has 0 saturated heterocycles. The second-order valence-electron chi connectivity index (χ2n) is 5.11. The summed E-state index contributed by atoms with van der Waals surface area (Å²) < 4.78 is 12.3. The van der Waals surface area contributed by atoms with Crippen LogP contribution in [0, 0.1) is 0 Å². The highest BCUT2D eigenvalue weighted by atomic mass is 16.5. The Labute approximate surface area is 114 Å². The van der Waals surface area contributed by atoms with Crippen LogP contribution >= 0.6 is 0 Å². The molecular formula is C13H25N3O3. The molecule has 2 atom stereocenters. The lowest BCUT2D eigenvalue weighted by molar-refractivity contribution is -0.0834. The van der Waals surface area contributed by atoms with Crippen molar-refractivity contribution in [2.75, 3.05) is 34.9 Å². The van der Waals surface area contributed by atoms with Crippen LogP contribution < -0.4 is 4.74 Å². The van der Waals surface area contributed by atoms with Crippen LogP contribution in [0.4, 0.5) is 0 Å². The molecule has 0 bridgehead atoms. The number of hydrogen-bond acceptors (Lipinski definition) is 5. The first-order valence-electron chi connectivity index (χ1n) is 6.34. The van der Waals surface area contributed by atoms with Gasteiger partial charge >= 0.3 is 0 Å². The second kappa shape index (κ2) is 6.36. The first-order chi connectivity index (χ1) is 8.84. The van der Waals surface area contributed by atoms with Gasteiger partial charge in [-0.1, -0.05) is 0 Å². The molecule has 0 aliphatic carbocycles. The van der Waals surface area contributed by atoms with Gasteiger partial charge in [0.25, 0.3) is 0 Å². The van der Waals surface area contributed by atoms with E-state index < -0.39 is 5.60 Å². The van der Waals surface area contributed by atoms with E-state index in [1.807, 2.05) is 21.0 Å². The number of likely N-dealkylation sites (N-methyl/N-ethyl adjacent to an activating group) is 1. The Balaban J connectivity index is 3.11. The van der Waals surface area contributed by atoms with E-state index in [4.69, 9.17) is 9.47 Å². The summed E-state index contributed by atoms with van der Waals surface area (Å²) in [7, 11) is 7.14. The average Bonchev–Trinajstić information content (AvgIpc) is 2.78. The molecule has 1 aromatic rings. The average molecular weight is 271 g/mol. The molecule has 0 aliphatic heterocycles. The Morgan fingerprint density at radius 2 is 2.11 bits per heavy atom. The molecule has 0 saturated carbocycles. The lowest BCUT2D eigenvalue weighted by atomic mass is 9.95. The molecule has 1 heterocycles. The summed E-state index contributed by atoms with van der Waals surface area (Å²) in [6.07, 6.45) is 1.26. The van der Waals surface area contributed by atoms with Gasteiger partial charge in [-0.05, 0) is 27.9 Å². The van der Waals surface area contributed by atoms with Crippen LogP contribution in [0.3, 0.4) is 0 Å². The van der Waals surface area contributed by atoms with Crippen molar-refractivity contribution in [3.8, 4) is 5.75 Å². The van der Waals surface area contributed by atoms with E-state index in [1.54, 1.807) is 32.0 Å². The third kappa shape index (κ3) is 3.46. The van der Waals surface area contributed by atoms with Gasteiger partial charge in [-0.2, -0.15) is 5.10 Å². The molecule has 2 unspecified atom stereocenters. The Bertz CT molecular complexity index is 402. The van der Waals surface area contributed by atoms with E-state index in [-0.39, 0.29) is 6.10 Å². The Morgan fingerprint density at radius 3 is 2.58 bits per heavy atom. The Hall–Kier alpha value is -1.11. The molecule has 0 fully saturated rings. The lowest BCUT2D eigenvalue weighted by Crippen LogP contribution is -2.38. The van der Waals surface area contributed by atoms with Gasteiger partial charge in [0, 0.05) is 13.7 Å². The minimum absolute atomic E-state index is 0.365. The maximum absolute atomic E-state index is 10.7. The smallest absolute Gasteiger partial charge is 0.163 e. The quantitative estimate of drug-likeness (QED) is 0.791. The molecule has 6 heteroatoms. The van der Waals surface area contributed by atoms with Crippen LogP contribution in [0.25, 0.3) is 0 Å². The van der Waals surface area contributed by atoms with Crippen LogP contribution in [0.15, 0.2) is 6.20 Å². The van der Waals surface area contributed by atoms with Gasteiger partial charge in [-0.15, -0.1) is 0 Å². The number of nitrogens with zero attached hydrogens (tertiary/aromatic N) is 3. The number of hydrogen-bond donors (Lipinski definition) is 1. The first kappa shape index (κ1) is 15.9. The van der Waals surface area contributed by atoms with Crippen LogP contribution in [-0.2, 0) is 16.9 Å². The molecule has 0 spiro atoms. The topological polar surface area (TPSA) is 59.8 Å². The van der Waals surface area contributed by atoms with Crippen molar-refractivity contribution in [1.29, 1.82) is 0 Å². The molecule has 6 nitrogen and oxygen atoms in total. The summed E-state index contributed by atoms with van der Waals surface area (Å²) in [5.41, 5.74) is -0.519. The van der Waals surface area contributed by atoms with Gasteiger partial charge in [0.15, 0.2) is 5.75 Å². The summed E-state index contributed by atoms with van der Waals surface area (Å²) in [4.78, 5) is 2.06. The number of aliphatic hydroxyl groups is 1. The van der Waals surface area contributed by atoms with E-state index in [0.717, 1.165) is 6.54 Å². The Morgan fingerprint density at radius 1 is 1.47 bits per heavy atom. The van der Waals surface area contributed by atoms with E-state index in [0.29, 0.717) is 18.0 Å². The van der Waals surface area contributed by atoms with Gasteiger partial charge in [0.2, 0.25) is 0 Å². The highest BCUT2D eigenvalue weighted by Gasteiger charge is 2.37. The molecular weight excluding hydrogens is 246 g/mol. The zero-order chi connectivity index (χ0) is 14.6. The Kier molecular flexibility index (Phi) is 5.34. The van der Waals surface area contributed by atoms with Crippen molar-refractivity contribution in [2.24, 2.45) is 0 Å². The van der Waals surface area contributed by atoms with Crippen molar-refractivity contribution in [3.05, 3.63) is 11.9 Å². The van der Waals surface area contributed by atoms with Crippen molar-refractivity contribution in [3.63, 3.8) is 0 Å². The summed E-state index contributed by atoms with van der Waals surface area (Å²) in [6, 6.07) is 0. The van der Waals surface area contributed by atoms with Crippen molar-refractivity contribution in [2.45, 2.75) is 32.1 Å². The number of methoxy groups -OCH3 is 2. The van der Waals surface area contributed by atoms with Crippen molar-refractivity contribution in [1.82, 2.24) is 14.7 Å². The molecule has 1 rings (SSSR count). The normalized spacial score (nSPS) is 16.4. The zero-order valence-corrected chi connectivity index (χ0v) is 12.7. The molecule has 0 aliphatic rings. The minimum atomic E-state index is -1.16. The van der Waals surface area contributed by atoms with Crippen molar-refractivity contribution < 1.29 is 14.6 Å². The van der Waals surface area contributed by atoms with E-state index in [1.165, 1.54) is 0 Å². The minimum Gasteiger partial charge on any atom is -0.493 e. The third-order valence-corrected chi connectivity index (χ3v) is 3.41. The van der Waals surface area contributed by atoms with E-state index >= 15 is 0 Å². The summed E-state index contributed by atoms with van der Waals surface area (Å²) in [5.74, 6) is 0.577. The third-order valence-electron chi connectivity index (χ3n) is 3.41. The molecule has 1 aromatic heterocycles. The van der Waals surface area contributed by atoms with Gasteiger partial charge < -0.3 is 19.5 Å². The first-order valence-corrected chi connectivity index (χ1v) is 6.34. The van der Waals surface area contributed by atoms with E-state index in [9.17, 15) is 5.11 Å². The fourth-order valence-corrected chi connectivity index (χ4v) is 1.91. The molecule has 110 valence electrons. The molecule has 0 amide bonds. The van der Waals surface area contributed by atoms with Crippen LogP contribution in [0.2, 0.25) is 0 Å². The second-order valence-corrected chi connectivity index (χ2v) is 5.11. The predicted molar refractivity (Wildman–Crippen MR) is 73.4 cm³/mol. The van der Waals surface area contributed by atoms with Gasteiger partial charge in [0.05, 0.1) is 26.0 Å². The van der Waals surface area contributed by atoms with Crippen LogP contribution in [0.5, 0.6) is 5.75 Å². The lowest BCUT2D eigenvalue weighted by Gasteiger charge is -2.30. The maximum Gasteiger partial charge on any atom is 0.163 e. The number of aromatic nitrogens is 2. The molecule has 1 N–H and O–H groups in total. The number of ether oxygens (including phenoxy) is 2. The highest BCUT2D eigenvalue weighted by molar-refractivity contribution is 5.31. The largest absolute Gasteiger partial charge is 0.493 e. The maximum atomic E-state index is 10.7. The SMILES string of the molecule is COc1cnn(CCN(C)C)c1C(C)(O)C(C)OC. The summed E-state index contributed by atoms with van der Waals surface area (Å²) >= 11 is 0. The van der Waals surface area contributed by atoms with Crippen LogP contribution in [0.1, 0.15) is 19.5 Å². The monoisotopic (exact) mass is 271 g/mol. The molecule has 0 radical (unpaired) electrons. The van der Waals surface area contributed by atoms with Gasteiger partial charge in [0.1, 0.15) is 11.3 Å². The standard InChI is InChI=1S/C13H25N3O3/c1-10(18-5)13(2,17)12-11(19-6)9-14-16(12)8-7-15(3)4/h9-10,17H,7-8H2,1-6H3. The van der Waals surface area contributed by atoms with Gasteiger partial charge in [-0.3, -0.25) is 4.68 Å². The van der Waals surface area contributed by atoms with Crippen LogP contribution in [-0.4, -0.2) is 60.8 Å². The molecule has 19 heavy (non-hydrogen) atoms. The van der Waals surface area contributed by atoms with Crippen molar-refractivity contribution >= 4 is 0 Å². The fraction of sp³-hybridized carbons (Fsp3) is 0.769. The van der Waals surface area contributed by atoms with Gasteiger partial charge in [-0.25, -0.2) is 0 Å². The zero-order valence-electron chi connectivity index (χ0n) is 12.7.